The first-order valence-electron chi connectivity index (χ1n) is 5.16. The lowest BCUT2D eigenvalue weighted by atomic mass is 10.1. The first kappa shape index (κ1) is 11.7. The van der Waals surface area contributed by atoms with Gasteiger partial charge in [-0.3, -0.25) is 9.59 Å². The van der Waals surface area contributed by atoms with Crippen LogP contribution in [0, 0.1) is 0 Å². The molecule has 2 rings (SSSR count). The number of carbonyl (C=O) groups is 2. The molecule has 1 aromatic rings. The van der Waals surface area contributed by atoms with Crippen LogP contribution in [-0.4, -0.2) is 17.9 Å². The second-order valence-corrected chi connectivity index (χ2v) is 4.17. The summed E-state index contributed by atoms with van der Waals surface area (Å²) in [6.07, 6.45) is 1.56. The van der Waals surface area contributed by atoms with Crippen molar-refractivity contribution in [3.05, 3.63) is 40.5 Å². The molecule has 1 unspecified atom stereocenters. The van der Waals surface area contributed by atoms with Gasteiger partial charge in [-0.25, -0.2) is 0 Å². The normalized spacial score (nSPS) is 22.2. The molecule has 2 amide bonds. The number of benzene rings is 1. The first-order chi connectivity index (χ1) is 8.08. The van der Waals surface area contributed by atoms with Crippen LogP contribution >= 0.6 is 11.6 Å². The molecule has 0 saturated carbocycles. The Morgan fingerprint density at radius 1 is 1.29 bits per heavy atom. The summed E-state index contributed by atoms with van der Waals surface area (Å²) in [5.74, 6) is -0.542. The van der Waals surface area contributed by atoms with Gasteiger partial charge >= 0.3 is 0 Å². The Morgan fingerprint density at radius 2 is 2.00 bits per heavy atom. The van der Waals surface area contributed by atoms with Crippen LogP contribution in [0.15, 0.2) is 30.0 Å². The van der Waals surface area contributed by atoms with Gasteiger partial charge in [-0.2, -0.15) is 0 Å². The van der Waals surface area contributed by atoms with Crippen LogP contribution in [-0.2, 0) is 9.59 Å². The minimum atomic E-state index is -0.508. The van der Waals surface area contributed by atoms with Crippen molar-refractivity contribution in [3.8, 4) is 0 Å². The molecule has 2 N–H and O–H groups in total. The Hall–Kier alpha value is -1.81. The van der Waals surface area contributed by atoms with E-state index < -0.39 is 6.04 Å². The summed E-state index contributed by atoms with van der Waals surface area (Å²) in [6.45, 7) is 1.62. The van der Waals surface area contributed by atoms with Crippen molar-refractivity contribution >= 4 is 29.5 Å². The maximum atomic E-state index is 11.6. The molecule has 1 aromatic carbocycles. The number of halogens is 1. The fraction of sp³-hybridized carbons (Fsp3) is 0.167. The molecule has 0 aromatic heterocycles. The number of amides is 2. The highest BCUT2D eigenvalue weighted by Crippen LogP contribution is 2.18. The summed E-state index contributed by atoms with van der Waals surface area (Å²) in [6, 6.07) is 6.59. The SMILES string of the molecule is CC1NC(=O)/C(=C\c2ccccc2Cl)NC1=O. The Bertz CT molecular complexity index is 511. The van der Waals surface area contributed by atoms with Gasteiger partial charge in [0.1, 0.15) is 11.7 Å². The molecule has 1 fully saturated rings. The summed E-state index contributed by atoms with van der Waals surface area (Å²) >= 11 is 5.97. The molecule has 17 heavy (non-hydrogen) atoms. The fourth-order valence-corrected chi connectivity index (χ4v) is 1.68. The van der Waals surface area contributed by atoms with E-state index in [2.05, 4.69) is 10.6 Å². The molecule has 1 aliphatic rings. The van der Waals surface area contributed by atoms with E-state index in [1.807, 2.05) is 6.07 Å². The van der Waals surface area contributed by atoms with Crippen molar-refractivity contribution in [2.45, 2.75) is 13.0 Å². The van der Waals surface area contributed by atoms with E-state index in [0.29, 0.717) is 10.6 Å². The third-order valence-electron chi connectivity index (χ3n) is 2.45. The van der Waals surface area contributed by atoms with Crippen molar-refractivity contribution < 1.29 is 9.59 Å². The topological polar surface area (TPSA) is 58.2 Å². The third-order valence-corrected chi connectivity index (χ3v) is 2.79. The van der Waals surface area contributed by atoms with Gasteiger partial charge < -0.3 is 10.6 Å². The Kier molecular flexibility index (Phi) is 3.15. The number of carbonyl (C=O) groups excluding carboxylic acids is 2. The zero-order valence-electron chi connectivity index (χ0n) is 9.16. The van der Waals surface area contributed by atoms with E-state index in [9.17, 15) is 9.59 Å². The second-order valence-electron chi connectivity index (χ2n) is 3.76. The summed E-state index contributed by atoms with van der Waals surface area (Å²) in [7, 11) is 0. The van der Waals surface area contributed by atoms with E-state index in [0.717, 1.165) is 0 Å². The molecular weight excluding hydrogens is 240 g/mol. The molecule has 5 heteroatoms. The van der Waals surface area contributed by atoms with Gasteiger partial charge in [0.2, 0.25) is 5.91 Å². The van der Waals surface area contributed by atoms with Crippen LogP contribution in [0.2, 0.25) is 5.02 Å². The molecular formula is C12H11ClN2O2. The third kappa shape index (κ3) is 2.47. The highest BCUT2D eigenvalue weighted by molar-refractivity contribution is 6.32. The van der Waals surface area contributed by atoms with Crippen LogP contribution in [0.25, 0.3) is 6.08 Å². The van der Waals surface area contributed by atoms with Crippen molar-refractivity contribution in [1.29, 1.82) is 0 Å². The van der Waals surface area contributed by atoms with Crippen LogP contribution in [0.4, 0.5) is 0 Å². The average Bonchev–Trinajstić information content (AvgIpc) is 2.29. The maximum absolute atomic E-state index is 11.6. The van der Waals surface area contributed by atoms with E-state index in [4.69, 9.17) is 11.6 Å². The maximum Gasteiger partial charge on any atom is 0.268 e. The highest BCUT2D eigenvalue weighted by Gasteiger charge is 2.25. The lowest BCUT2D eigenvalue weighted by Crippen LogP contribution is -2.53. The molecule has 1 atom stereocenters. The van der Waals surface area contributed by atoms with Crippen LogP contribution in [0.1, 0.15) is 12.5 Å². The number of hydrogen-bond donors (Lipinski definition) is 2. The number of nitrogens with one attached hydrogen (secondary N) is 2. The van der Waals surface area contributed by atoms with E-state index in [1.165, 1.54) is 0 Å². The largest absolute Gasteiger partial charge is 0.339 e. The standard InChI is InChI=1S/C12H11ClN2O2/c1-7-11(16)15-10(12(17)14-7)6-8-4-2-3-5-9(8)13/h2-7H,1H3,(H,14,17)(H,15,16)/b10-6+. The monoisotopic (exact) mass is 250 g/mol. The van der Waals surface area contributed by atoms with Gasteiger partial charge in [-0.1, -0.05) is 29.8 Å². The minimum absolute atomic E-state index is 0.209. The van der Waals surface area contributed by atoms with E-state index in [-0.39, 0.29) is 17.5 Å². The van der Waals surface area contributed by atoms with Gasteiger partial charge in [0.25, 0.3) is 5.91 Å². The van der Waals surface area contributed by atoms with Crippen molar-refractivity contribution in [1.82, 2.24) is 10.6 Å². The molecule has 0 radical (unpaired) electrons. The van der Waals surface area contributed by atoms with Gasteiger partial charge in [0.05, 0.1) is 0 Å². The average molecular weight is 251 g/mol. The highest BCUT2D eigenvalue weighted by atomic mass is 35.5. The summed E-state index contributed by atoms with van der Waals surface area (Å²) < 4.78 is 0. The summed E-state index contributed by atoms with van der Waals surface area (Å²) in [4.78, 5) is 23.1. The molecule has 0 bridgehead atoms. The molecule has 0 aliphatic carbocycles. The van der Waals surface area contributed by atoms with Crippen molar-refractivity contribution in [2.75, 3.05) is 0 Å². The van der Waals surface area contributed by atoms with Crippen LogP contribution in [0.5, 0.6) is 0 Å². The van der Waals surface area contributed by atoms with Crippen LogP contribution in [0.3, 0.4) is 0 Å². The Morgan fingerprint density at radius 3 is 2.71 bits per heavy atom. The number of rotatable bonds is 1. The smallest absolute Gasteiger partial charge is 0.268 e. The van der Waals surface area contributed by atoms with Gasteiger partial charge in [0.15, 0.2) is 0 Å². The van der Waals surface area contributed by atoms with Crippen molar-refractivity contribution in [3.63, 3.8) is 0 Å². The Labute approximate surface area is 104 Å². The summed E-state index contributed by atoms with van der Waals surface area (Å²) in [5, 5.41) is 5.63. The molecule has 88 valence electrons. The molecule has 1 aliphatic heterocycles. The van der Waals surface area contributed by atoms with Crippen LogP contribution < -0.4 is 10.6 Å². The molecule has 4 nitrogen and oxygen atoms in total. The van der Waals surface area contributed by atoms with E-state index >= 15 is 0 Å². The van der Waals surface area contributed by atoms with Gasteiger partial charge in [0, 0.05) is 5.02 Å². The number of hydrogen-bond acceptors (Lipinski definition) is 2. The lowest BCUT2D eigenvalue weighted by Gasteiger charge is -2.22. The predicted octanol–water partition coefficient (Wildman–Crippen LogP) is 1.32. The quantitative estimate of drug-likeness (QED) is 0.739. The first-order valence-corrected chi connectivity index (χ1v) is 5.53. The van der Waals surface area contributed by atoms with Gasteiger partial charge in [-0.15, -0.1) is 0 Å². The van der Waals surface area contributed by atoms with Gasteiger partial charge in [-0.05, 0) is 24.6 Å². The van der Waals surface area contributed by atoms with Crippen molar-refractivity contribution in [2.24, 2.45) is 0 Å². The zero-order valence-corrected chi connectivity index (χ0v) is 9.91. The predicted molar refractivity (Wildman–Crippen MR) is 65.2 cm³/mol. The van der Waals surface area contributed by atoms with E-state index in [1.54, 1.807) is 31.2 Å². The number of piperazine rings is 1. The molecule has 0 spiro atoms. The summed E-state index contributed by atoms with van der Waals surface area (Å²) in [5.41, 5.74) is 0.898. The molecule has 1 heterocycles. The zero-order chi connectivity index (χ0) is 12.4. The second kappa shape index (κ2) is 4.59. The minimum Gasteiger partial charge on any atom is -0.339 e. The Balaban J connectivity index is 2.31. The fourth-order valence-electron chi connectivity index (χ4n) is 1.49. The molecule has 1 saturated heterocycles. The lowest BCUT2D eigenvalue weighted by molar-refractivity contribution is -0.130.